The number of aliphatic hydroxyl groups is 1. The molecule has 2 N–H and O–H groups in total. The molecular weight excluding hydrogens is 547 g/mol. The summed E-state index contributed by atoms with van der Waals surface area (Å²) in [5.41, 5.74) is 1.87. The summed E-state index contributed by atoms with van der Waals surface area (Å²) in [7, 11) is 0. The van der Waals surface area contributed by atoms with Crippen molar-refractivity contribution in [3.63, 3.8) is 0 Å². The first-order valence-electron chi connectivity index (χ1n) is 11.2. The number of rotatable bonds is 6. The first kappa shape index (κ1) is 26.3. The number of nitrogens with one attached hydrogen (secondary N) is 1. The SMILES string of the molecule is CC(C)(O)c1ccnc(-c2cccc3cc(C(N[S+]([O-])C(C)(C)C)c4c(F)cccc4Br)sc23)c1. The molecule has 4 aromatic rings. The number of pyridine rings is 1. The summed E-state index contributed by atoms with van der Waals surface area (Å²) >= 11 is 3.59. The van der Waals surface area contributed by atoms with E-state index in [2.05, 4.69) is 25.6 Å². The van der Waals surface area contributed by atoms with Crippen LogP contribution in [0.3, 0.4) is 0 Å². The number of nitrogens with zero attached hydrogens (tertiary/aromatic N) is 1. The Hall–Kier alpha value is -1.81. The van der Waals surface area contributed by atoms with Crippen molar-refractivity contribution in [2.24, 2.45) is 0 Å². The molecule has 0 spiro atoms. The van der Waals surface area contributed by atoms with E-state index in [9.17, 15) is 9.66 Å². The normalized spacial score (nSPS) is 14.3. The summed E-state index contributed by atoms with van der Waals surface area (Å²) in [6, 6.07) is 15.9. The second kappa shape index (κ2) is 9.92. The summed E-state index contributed by atoms with van der Waals surface area (Å²) in [6.07, 6.45) is 1.70. The van der Waals surface area contributed by atoms with Gasteiger partial charge in [-0.2, -0.15) is 0 Å². The van der Waals surface area contributed by atoms with Gasteiger partial charge in [0.2, 0.25) is 0 Å². The third kappa shape index (κ3) is 5.63. The standard InChI is InChI=1S/C27H28BrFN2O2S2/c1-26(2,3)35(33)31-24(23-19(28)10-7-11-20(23)29)22-14-16-8-6-9-18(25(16)34-22)21-15-17(12-13-30-21)27(4,5)32/h6-15,24,31-32H,1-5H3. The highest BCUT2D eigenvalue weighted by Gasteiger charge is 2.33. The number of benzene rings is 2. The minimum atomic E-state index is -1.43. The Bertz CT molecular complexity index is 1340. The predicted octanol–water partition coefficient (Wildman–Crippen LogP) is 7.23. The molecule has 4 rings (SSSR count). The Morgan fingerprint density at radius 1 is 1.09 bits per heavy atom. The van der Waals surface area contributed by atoms with Crippen LogP contribution >= 0.6 is 27.3 Å². The van der Waals surface area contributed by atoms with Crippen LogP contribution in [0.1, 0.15) is 56.7 Å². The van der Waals surface area contributed by atoms with Crippen LogP contribution in [0.5, 0.6) is 0 Å². The number of hydrogen-bond acceptors (Lipinski definition) is 5. The molecule has 0 fully saturated rings. The average molecular weight is 576 g/mol. The van der Waals surface area contributed by atoms with E-state index in [0.717, 1.165) is 31.8 Å². The predicted molar refractivity (Wildman–Crippen MR) is 147 cm³/mol. The van der Waals surface area contributed by atoms with Crippen molar-refractivity contribution >= 4 is 48.7 Å². The Kier molecular flexibility index (Phi) is 7.44. The summed E-state index contributed by atoms with van der Waals surface area (Å²) in [6.45, 7) is 9.14. The van der Waals surface area contributed by atoms with E-state index in [4.69, 9.17) is 0 Å². The number of hydrogen-bond donors (Lipinski definition) is 2. The molecule has 0 radical (unpaired) electrons. The third-order valence-corrected chi connectivity index (χ3v) is 9.16. The molecule has 2 aromatic heterocycles. The minimum absolute atomic E-state index is 0.375. The van der Waals surface area contributed by atoms with Crippen LogP contribution in [0.4, 0.5) is 4.39 Å². The quantitative estimate of drug-likeness (QED) is 0.238. The smallest absolute Gasteiger partial charge is 0.136 e. The van der Waals surface area contributed by atoms with Crippen LogP contribution in [0.25, 0.3) is 21.3 Å². The monoisotopic (exact) mass is 574 g/mol. The number of halogens is 2. The lowest BCUT2D eigenvalue weighted by atomic mass is 9.97. The lowest BCUT2D eigenvalue weighted by Gasteiger charge is -2.28. The van der Waals surface area contributed by atoms with E-state index in [1.54, 1.807) is 38.2 Å². The van der Waals surface area contributed by atoms with E-state index in [1.807, 2.05) is 51.1 Å². The Morgan fingerprint density at radius 3 is 2.46 bits per heavy atom. The van der Waals surface area contributed by atoms with Crippen LogP contribution in [-0.4, -0.2) is 19.4 Å². The maximum Gasteiger partial charge on any atom is 0.136 e. The van der Waals surface area contributed by atoms with Gasteiger partial charge in [0, 0.05) is 42.7 Å². The molecule has 4 nitrogen and oxygen atoms in total. The maximum atomic E-state index is 15.1. The van der Waals surface area contributed by atoms with Crippen molar-refractivity contribution in [1.29, 1.82) is 0 Å². The molecule has 0 aliphatic rings. The van der Waals surface area contributed by atoms with Crippen molar-refractivity contribution in [3.8, 4) is 11.3 Å². The van der Waals surface area contributed by atoms with Gasteiger partial charge >= 0.3 is 0 Å². The third-order valence-electron chi connectivity index (χ3n) is 5.66. The van der Waals surface area contributed by atoms with E-state index in [0.29, 0.717) is 10.0 Å². The summed E-state index contributed by atoms with van der Waals surface area (Å²) in [5.74, 6) is -0.375. The van der Waals surface area contributed by atoms with E-state index in [1.165, 1.54) is 17.4 Å². The second-order valence-electron chi connectivity index (χ2n) is 9.93. The molecule has 0 bridgehead atoms. The highest BCUT2D eigenvalue weighted by molar-refractivity contribution is 9.10. The zero-order valence-corrected chi connectivity index (χ0v) is 23.4. The lowest BCUT2D eigenvalue weighted by molar-refractivity contribution is 0.0785. The van der Waals surface area contributed by atoms with Gasteiger partial charge in [0.15, 0.2) is 0 Å². The van der Waals surface area contributed by atoms with Crippen LogP contribution in [0, 0.1) is 5.82 Å². The molecule has 2 aromatic carbocycles. The number of aromatic nitrogens is 1. The van der Waals surface area contributed by atoms with Crippen LogP contribution in [0.2, 0.25) is 0 Å². The lowest BCUT2D eigenvalue weighted by Crippen LogP contribution is -2.41. The largest absolute Gasteiger partial charge is 0.598 e. The Balaban J connectivity index is 1.87. The Morgan fingerprint density at radius 2 is 1.80 bits per heavy atom. The fourth-order valence-electron chi connectivity index (χ4n) is 3.71. The van der Waals surface area contributed by atoms with Gasteiger partial charge in [-0.3, -0.25) is 4.98 Å². The fraction of sp³-hybridized carbons (Fsp3) is 0.296. The van der Waals surface area contributed by atoms with Gasteiger partial charge < -0.3 is 9.66 Å². The molecule has 35 heavy (non-hydrogen) atoms. The topological polar surface area (TPSA) is 68.2 Å². The van der Waals surface area contributed by atoms with Gasteiger partial charge in [-0.05, 0) is 75.9 Å². The summed E-state index contributed by atoms with van der Waals surface area (Å²) < 4.78 is 32.5. The average Bonchev–Trinajstić information content (AvgIpc) is 3.21. The van der Waals surface area contributed by atoms with Gasteiger partial charge in [0.25, 0.3) is 0 Å². The maximum absolute atomic E-state index is 15.1. The molecule has 184 valence electrons. The van der Waals surface area contributed by atoms with Crippen molar-refractivity contribution in [2.75, 3.05) is 0 Å². The Labute approximate surface area is 221 Å². The molecule has 0 saturated heterocycles. The van der Waals surface area contributed by atoms with Gasteiger partial charge in [-0.15, -0.1) is 16.1 Å². The molecule has 0 amide bonds. The molecule has 0 aliphatic carbocycles. The first-order chi connectivity index (χ1) is 16.4. The van der Waals surface area contributed by atoms with Gasteiger partial charge in [-0.1, -0.05) is 40.2 Å². The molecule has 2 heterocycles. The highest BCUT2D eigenvalue weighted by atomic mass is 79.9. The first-order valence-corrected chi connectivity index (χ1v) is 14.0. The van der Waals surface area contributed by atoms with E-state index in [-0.39, 0.29) is 5.82 Å². The van der Waals surface area contributed by atoms with Crippen molar-refractivity contribution in [2.45, 2.75) is 51.0 Å². The van der Waals surface area contributed by atoms with Crippen molar-refractivity contribution in [3.05, 3.63) is 87.1 Å². The highest BCUT2D eigenvalue weighted by Crippen LogP contribution is 2.41. The van der Waals surface area contributed by atoms with Gasteiger partial charge in [-0.25, -0.2) is 4.39 Å². The van der Waals surface area contributed by atoms with Crippen LogP contribution < -0.4 is 4.72 Å². The molecule has 2 atom stereocenters. The zero-order valence-electron chi connectivity index (χ0n) is 20.2. The van der Waals surface area contributed by atoms with Crippen LogP contribution in [-0.2, 0) is 17.0 Å². The summed E-state index contributed by atoms with van der Waals surface area (Å²) in [4.78, 5) is 5.40. The minimum Gasteiger partial charge on any atom is -0.598 e. The van der Waals surface area contributed by atoms with Gasteiger partial charge in [0.1, 0.15) is 16.6 Å². The zero-order chi connectivity index (χ0) is 25.5. The molecule has 8 heteroatoms. The van der Waals surface area contributed by atoms with Crippen molar-refractivity contribution < 1.29 is 14.0 Å². The number of thiophene rings is 1. The van der Waals surface area contributed by atoms with Gasteiger partial charge in [0.05, 0.1) is 11.3 Å². The molecule has 0 aliphatic heterocycles. The fourth-order valence-corrected chi connectivity index (χ4v) is 6.42. The van der Waals surface area contributed by atoms with Crippen molar-refractivity contribution in [1.82, 2.24) is 9.71 Å². The second-order valence-corrected chi connectivity index (χ2v) is 13.9. The summed E-state index contributed by atoms with van der Waals surface area (Å²) in [5, 5.41) is 11.5. The van der Waals surface area contributed by atoms with E-state index >= 15 is 4.39 Å². The van der Waals surface area contributed by atoms with E-state index < -0.39 is 27.8 Å². The molecular formula is C27H28BrFN2O2S2. The molecule has 0 saturated carbocycles. The molecule has 2 unspecified atom stereocenters. The number of fused-ring (bicyclic) bond motifs is 1. The van der Waals surface area contributed by atoms with Crippen LogP contribution in [0.15, 0.2) is 65.3 Å².